The molecule has 6 heteroatoms. The molecule has 0 spiro atoms. The molecular weight excluding hydrogens is 531 g/mol. The van der Waals surface area contributed by atoms with E-state index >= 15 is 0 Å². The zero-order valence-corrected chi connectivity index (χ0v) is 20.9. The van der Waals surface area contributed by atoms with Gasteiger partial charge in [-0.3, -0.25) is 9.59 Å². The molecule has 0 heterocycles. The second kappa shape index (κ2) is 10.4. The Kier molecular flexibility index (Phi) is 9.14. The SMILES string of the molecule is CC(C)(C)NC(=O)c1ccc(Br)cc1.CC(C)(C)NC(=O)c1ccc(I)cc1. The van der Waals surface area contributed by atoms with Crippen LogP contribution in [0.1, 0.15) is 62.3 Å². The summed E-state index contributed by atoms with van der Waals surface area (Å²) >= 11 is 5.54. The molecule has 2 N–H and O–H groups in total. The van der Waals surface area contributed by atoms with Crippen molar-refractivity contribution in [1.29, 1.82) is 0 Å². The summed E-state index contributed by atoms with van der Waals surface area (Å²) < 4.78 is 2.11. The highest BCUT2D eigenvalue weighted by molar-refractivity contribution is 14.1. The molecule has 2 rings (SSSR count). The molecule has 0 atom stereocenters. The summed E-state index contributed by atoms with van der Waals surface area (Å²) in [7, 11) is 0. The smallest absolute Gasteiger partial charge is 0.251 e. The molecule has 4 nitrogen and oxygen atoms in total. The van der Waals surface area contributed by atoms with Crippen LogP contribution >= 0.6 is 38.5 Å². The van der Waals surface area contributed by atoms with Crippen molar-refractivity contribution in [2.75, 3.05) is 0 Å². The number of rotatable bonds is 2. The molecule has 2 amide bonds. The highest BCUT2D eigenvalue weighted by Crippen LogP contribution is 2.11. The Labute approximate surface area is 190 Å². The number of carbonyl (C=O) groups is 2. The molecule has 28 heavy (non-hydrogen) atoms. The van der Waals surface area contributed by atoms with E-state index < -0.39 is 0 Å². The first-order chi connectivity index (χ1) is 12.8. The van der Waals surface area contributed by atoms with Crippen LogP contribution in [-0.2, 0) is 0 Å². The van der Waals surface area contributed by atoms with Gasteiger partial charge in [-0.25, -0.2) is 0 Å². The predicted molar refractivity (Wildman–Crippen MR) is 128 cm³/mol. The lowest BCUT2D eigenvalue weighted by Gasteiger charge is -2.20. The first-order valence-electron chi connectivity index (χ1n) is 8.93. The van der Waals surface area contributed by atoms with Gasteiger partial charge in [-0.05, 0) is 113 Å². The molecule has 0 unspecified atom stereocenters. The van der Waals surface area contributed by atoms with E-state index in [-0.39, 0.29) is 22.9 Å². The lowest BCUT2D eigenvalue weighted by Crippen LogP contribution is -2.40. The van der Waals surface area contributed by atoms with Crippen molar-refractivity contribution in [2.45, 2.75) is 52.6 Å². The normalized spacial score (nSPS) is 11.1. The number of nitrogens with one attached hydrogen (secondary N) is 2. The molecule has 0 radical (unpaired) electrons. The Balaban J connectivity index is 0.000000280. The Hall–Kier alpha value is -1.41. The molecule has 0 aliphatic rings. The quantitative estimate of drug-likeness (QED) is 0.458. The van der Waals surface area contributed by atoms with Crippen LogP contribution in [0, 0.1) is 3.57 Å². The Morgan fingerprint density at radius 2 is 1.04 bits per heavy atom. The van der Waals surface area contributed by atoms with E-state index in [1.807, 2.05) is 77.9 Å². The first-order valence-corrected chi connectivity index (χ1v) is 10.8. The lowest BCUT2D eigenvalue weighted by molar-refractivity contribution is 0.0910. The zero-order valence-electron chi connectivity index (χ0n) is 17.2. The maximum absolute atomic E-state index is 11.7. The average Bonchev–Trinajstić information content (AvgIpc) is 2.53. The van der Waals surface area contributed by atoms with E-state index in [0.29, 0.717) is 11.1 Å². The van der Waals surface area contributed by atoms with E-state index in [1.165, 1.54) is 0 Å². The Morgan fingerprint density at radius 1 is 0.714 bits per heavy atom. The first kappa shape index (κ1) is 24.6. The molecule has 2 aromatic rings. The lowest BCUT2D eigenvalue weighted by atomic mass is 10.1. The number of benzene rings is 2. The Morgan fingerprint density at radius 3 is 1.36 bits per heavy atom. The minimum Gasteiger partial charge on any atom is -0.347 e. The van der Waals surface area contributed by atoms with Gasteiger partial charge >= 0.3 is 0 Å². The average molecular weight is 559 g/mol. The maximum Gasteiger partial charge on any atom is 0.251 e. The van der Waals surface area contributed by atoms with Gasteiger partial charge in [0.15, 0.2) is 0 Å². The van der Waals surface area contributed by atoms with Crippen molar-refractivity contribution in [1.82, 2.24) is 10.6 Å². The molecule has 0 bridgehead atoms. The molecule has 0 fully saturated rings. The van der Waals surface area contributed by atoms with Crippen LogP contribution in [0.15, 0.2) is 53.0 Å². The fraction of sp³-hybridized carbons (Fsp3) is 0.364. The number of amides is 2. The van der Waals surface area contributed by atoms with Crippen LogP contribution < -0.4 is 10.6 Å². The van der Waals surface area contributed by atoms with Gasteiger partial charge in [0.05, 0.1) is 0 Å². The van der Waals surface area contributed by atoms with Crippen molar-refractivity contribution < 1.29 is 9.59 Å². The molecule has 2 aromatic carbocycles. The minimum atomic E-state index is -0.190. The summed E-state index contributed by atoms with van der Waals surface area (Å²) in [5, 5.41) is 5.81. The second-order valence-electron chi connectivity index (χ2n) is 8.42. The summed E-state index contributed by atoms with van der Waals surface area (Å²) in [5.74, 6) is -0.0566. The number of carbonyl (C=O) groups excluding carboxylic acids is 2. The summed E-state index contributed by atoms with van der Waals surface area (Å²) in [6.45, 7) is 11.8. The van der Waals surface area contributed by atoms with Crippen LogP contribution in [-0.4, -0.2) is 22.9 Å². The largest absolute Gasteiger partial charge is 0.347 e. The molecule has 152 valence electrons. The number of hydrogen-bond acceptors (Lipinski definition) is 2. The monoisotopic (exact) mass is 558 g/mol. The van der Waals surface area contributed by atoms with Crippen LogP contribution in [0.2, 0.25) is 0 Å². The molecular formula is C22H28BrIN2O2. The third-order valence-corrected chi connectivity index (χ3v) is 4.44. The van der Waals surface area contributed by atoms with Crippen LogP contribution in [0.25, 0.3) is 0 Å². The van der Waals surface area contributed by atoms with Crippen molar-refractivity contribution in [3.8, 4) is 0 Å². The molecule has 0 aromatic heterocycles. The van der Waals surface area contributed by atoms with Gasteiger partial charge in [0.1, 0.15) is 0 Å². The number of halogens is 2. The van der Waals surface area contributed by atoms with Crippen LogP contribution in [0.5, 0.6) is 0 Å². The van der Waals surface area contributed by atoms with Crippen LogP contribution in [0.3, 0.4) is 0 Å². The van der Waals surface area contributed by atoms with E-state index in [1.54, 1.807) is 12.1 Å². The summed E-state index contributed by atoms with van der Waals surface area (Å²) in [5.41, 5.74) is 1.02. The molecule has 0 aliphatic heterocycles. The van der Waals surface area contributed by atoms with Crippen molar-refractivity contribution in [3.05, 3.63) is 67.7 Å². The van der Waals surface area contributed by atoms with Gasteiger partial charge in [0.2, 0.25) is 0 Å². The molecule has 0 aliphatic carbocycles. The van der Waals surface area contributed by atoms with E-state index in [0.717, 1.165) is 8.04 Å². The Bertz CT molecular complexity index is 720. The van der Waals surface area contributed by atoms with Crippen molar-refractivity contribution >= 4 is 50.3 Å². The fourth-order valence-corrected chi connectivity index (χ4v) is 2.65. The zero-order chi connectivity index (χ0) is 21.5. The summed E-state index contributed by atoms with van der Waals surface area (Å²) in [4.78, 5) is 23.3. The highest BCUT2D eigenvalue weighted by Gasteiger charge is 2.15. The van der Waals surface area contributed by atoms with Gasteiger partial charge in [0.25, 0.3) is 11.8 Å². The summed E-state index contributed by atoms with van der Waals surface area (Å²) in [6, 6.07) is 14.8. The number of hydrogen-bond donors (Lipinski definition) is 2. The van der Waals surface area contributed by atoms with Gasteiger partial charge in [-0.1, -0.05) is 15.9 Å². The van der Waals surface area contributed by atoms with E-state index in [4.69, 9.17) is 0 Å². The van der Waals surface area contributed by atoms with Crippen LogP contribution in [0.4, 0.5) is 0 Å². The van der Waals surface area contributed by atoms with E-state index in [9.17, 15) is 9.59 Å². The minimum absolute atomic E-state index is 0.0195. The van der Waals surface area contributed by atoms with E-state index in [2.05, 4.69) is 49.2 Å². The molecule has 0 saturated heterocycles. The fourth-order valence-electron chi connectivity index (χ4n) is 2.03. The summed E-state index contributed by atoms with van der Waals surface area (Å²) in [6.07, 6.45) is 0. The van der Waals surface area contributed by atoms with Crippen molar-refractivity contribution in [3.63, 3.8) is 0 Å². The maximum atomic E-state index is 11.7. The standard InChI is InChI=1S/C11H14BrNO.C11H14INO/c2*1-11(2,3)13-10(14)8-4-6-9(12)7-5-8/h2*4-7H,1-3H3,(H,13,14). The third kappa shape index (κ3) is 10.2. The topological polar surface area (TPSA) is 58.2 Å². The van der Waals surface area contributed by atoms with Gasteiger partial charge in [0, 0.05) is 30.2 Å². The van der Waals surface area contributed by atoms with Gasteiger partial charge < -0.3 is 10.6 Å². The van der Waals surface area contributed by atoms with Crippen molar-refractivity contribution in [2.24, 2.45) is 0 Å². The third-order valence-electron chi connectivity index (χ3n) is 3.19. The highest BCUT2D eigenvalue weighted by atomic mass is 127. The second-order valence-corrected chi connectivity index (χ2v) is 10.6. The van der Waals surface area contributed by atoms with Gasteiger partial charge in [-0.15, -0.1) is 0 Å². The van der Waals surface area contributed by atoms with Gasteiger partial charge in [-0.2, -0.15) is 0 Å². The predicted octanol–water partition coefficient (Wildman–Crippen LogP) is 5.80. The molecule has 0 saturated carbocycles.